The molecule has 0 radical (unpaired) electrons. The maximum absolute atomic E-state index is 11.8. The van der Waals surface area contributed by atoms with E-state index in [0.717, 1.165) is 25.3 Å². The van der Waals surface area contributed by atoms with Crippen molar-refractivity contribution in [1.29, 1.82) is 0 Å². The first-order valence-electron chi connectivity index (χ1n) is 5.19. The van der Waals surface area contributed by atoms with Crippen molar-refractivity contribution >= 4 is 17.7 Å². The average Bonchev–Trinajstić information content (AvgIpc) is 2.66. The van der Waals surface area contributed by atoms with Gasteiger partial charge < -0.3 is 10.6 Å². The van der Waals surface area contributed by atoms with Gasteiger partial charge in [0.05, 0.1) is 11.2 Å². The van der Waals surface area contributed by atoms with Crippen LogP contribution in [-0.4, -0.2) is 37.0 Å². The SMILES string of the molecule is C#CCSCCNC(=O)C1(C)CCNC1. The summed E-state index contributed by atoms with van der Waals surface area (Å²) in [5, 5.41) is 6.17. The number of thioether (sulfide) groups is 1. The Kier molecular flexibility index (Phi) is 5.00. The first kappa shape index (κ1) is 12.4. The van der Waals surface area contributed by atoms with Crippen LogP contribution in [0.2, 0.25) is 0 Å². The van der Waals surface area contributed by atoms with Crippen molar-refractivity contribution in [2.24, 2.45) is 5.41 Å². The van der Waals surface area contributed by atoms with Crippen LogP contribution in [0.4, 0.5) is 0 Å². The Morgan fingerprint density at radius 1 is 1.73 bits per heavy atom. The lowest BCUT2D eigenvalue weighted by Crippen LogP contribution is -2.41. The molecule has 0 spiro atoms. The highest BCUT2D eigenvalue weighted by atomic mass is 32.2. The summed E-state index contributed by atoms with van der Waals surface area (Å²) in [5.41, 5.74) is -0.212. The molecule has 1 unspecified atom stereocenters. The molecule has 2 N–H and O–H groups in total. The number of carbonyl (C=O) groups is 1. The molecule has 0 aromatic heterocycles. The lowest BCUT2D eigenvalue weighted by Gasteiger charge is -2.21. The van der Waals surface area contributed by atoms with E-state index in [-0.39, 0.29) is 11.3 Å². The maximum atomic E-state index is 11.8. The Labute approximate surface area is 95.8 Å². The summed E-state index contributed by atoms with van der Waals surface area (Å²) >= 11 is 1.67. The van der Waals surface area contributed by atoms with Gasteiger partial charge in [0, 0.05) is 18.8 Å². The summed E-state index contributed by atoms with van der Waals surface area (Å²) in [6, 6.07) is 0. The minimum absolute atomic E-state index is 0.161. The summed E-state index contributed by atoms with van der Waals surface area (Å²) in [4.78, 5) is 11.8. The molecule has 0 aromatic rings. The molecular weight excluding hydrogens is 208 g/mol. The van der Waals surface area contributed by atoms with Gasteiger partial charge in [-0.15, -0.1) is 18.2 Å². The molecule has 0 aliphatic carbocycles. The Balaban J connectivity index is 2.16. The van der Waals surface area contributed by atoms with Crippen LogP contribution in [0.3, 0.4) is 0 Å². The summed E-state index contributed by atoms with van der Waals surface area (Å²) in [6.45, 7) is 4.45. The molecule has 1 fully saturated rings. The first-order chi connectivity index (χ1) is 7.19. The lowest BCUT2D eigenvalue weighted by molar-refractivity contribution is -0.129. The standard InChI is InChI=1S/C11H18N2OS/c1-3-7-15-8-6-13-10(14)11(2)4-5-12-9-11/h1,12H,4-9H2,2H3,(H,13,14). The smallest absolute Gasteiger partial charge is 0.227 e. The Bertz CT molecular complexity index is 254. The zero-order valence-corrected chi connectivity index (χ0v) is 9.95. The molecule has 0 saturated carbocycles. The zero-order chi connectivity index (χ0) is 11.1. The van der Waals surface area contributed by atoms with E-state index in [1.165, 1.54) is 0 Å². The van der Waals surface area contributed by atoms with Crippen LogP contribution < -0.4 is 10.6 Å². The van der Waals surface area contributed by atoms with Gasteiger partial charge in [-0.1, -0.05) is 5.92 Å². The van der Waals surface area contributed by atoms with Crippen LogP contribution in [0.15, 0.2) is 0 Å². The summed E-state index contributed by atoms with van der Waals surface area (Å²) < 4.78 is 0. The van der Waals surface area contributed by atoms with Gasteiger partial charge in [0.25, 0.3) is 0 Å². The fourth-order valence-electron chi connectivity index (χ4n) is 1.59. The molecule has 84 valence electrons. The van der Waals surface area contributed by atoms with E-state index >= 15 is 0 Å². The highest BCUT2D eigenvalue weighted by Crippen LogP contribution is 2.24. The lowest BCUT2D eigenvalue weighted by atomic mass is 9.89. The van der Waals surface area contributed by atoms with E-state index in [0.29, 0.717) is 12.3 Å². The van der Waals surface area contributed by atoms with E-state index in [1.807, 2.05) is 6.92 Å². The van der Waals surface area contributed by atoms with Crippen LogP contribution in [0.25, 0.3) is 0 Å². The van der Waals surface area contributed by atoms with Crippen molar-refractivity contribution in [3.63, 3.8) is 0 Å². The van der Waals surface area contributed by atoms with Gasteiger partial charge in [-0.05, 0) is 19.9 Å². The van der Waals surface area contributed by atoms with E-state index in [2.05, 4.69) is 16.6 Å². The molecule has 3 nitrogen and oxygen atoms in total. The number of terminal acetylenes is 1. The second-order valence-corrected chi connectivity index (χ2v) is 5.11. The topological polar surface area (TPSA) is 41.1 Å². The summed E-state index contributed by atoms with van der Waals surface area (Å²) in [6.07, 6.45) is 6.05. The number of hydrogen-bond acceptors (Lipinski definition) is 3. The molecule has 1 aliphatic rings. The third kappa shape index (κ3) is 3.77. The third-order valence-electron chi connectivity index (χ3n) is 2.63. The quantitative estimate of drug-likeness (QED) is 0.529. The van der Waals surface area contributed by atoms with Crippen molar-refractivity contribution < 1.29 is 4.79 Å². The van der Waals surface area contributed by atoms with Crippen LogP contribution in [0, 0.1) is 17.8 Å². The fraction of sp³-hybridized carbons (Fsp3) is 0.727. The first-order valence-corrected chi connectivity index (χ1v) is 6.35. The van der Waals surface area contributed by atoms with E-state index in [1.54, 1.807) is 11.8 Å². The van der Waals surface area contributed by atoms with E-state index in [9.17, 15) is 4.79 Å². The van der Waals surface area contributed by atoms with Crippen LogP contribution >= 0.6 is 11.8 Å². The molecule has 1 aliphatic heterocycles. The second-order valence-electron chi connectivity index (χ2n) is 4.00. The molecule has 1 rings (SSSR count). The predicted octanol–water partition coefficient (Wildman–Crippen LogP) is 0.469. The number of nitrogens with one attached hydrogen (secondary N) is 2. The largest absolute Gasteiger partial charge is 0.355 e. The highest BCUT2D eigenvalue weighted by Gasteiger charge is 2.35. The van der Waals surface area contributed by atoms with Gasteiger partial charge in [0.1, 0.15) is 0 Å². The van der Waals surface area contributed by atoms with E-state index in [4.69, 9.17) is 6.42 Å². The van der Waals surface area contributed by atoms with Gasteiger partial charge >= 0.3 is 0 Å². The van der Waals surface area contributed by atoms with E-state index < -0.39 is 0 Å². The average molecular weight is 226 g/mol. The van der Waals surface area contributed by atoms with Crippen LogP contribution in [-0.2, 0) is 4.79 Å². The zero-order valence-electron chi connectivity index (χ0n) is 9.14. The number of hydrogen-bond donors (Lipinski definition) is 2. The minimum Gasteiger partial charge on any atom is -0.355 e. The molecule has 0 bridgehead atoms. The predicted molar refractivity (Wildman–Crippen MR) is 64.8 cm³/mol. The molecule has 0 aromatic carbocycles. The molecule has 15 heavy (non-hydrogen) atoms. The molecule has 1 amide bonds. The van der Waals surface area contributed by atoms with Crippen molar-refractivity contribution in [3.05, 3.63) is 0 Å². The van der Waals surface area contributed by atoms with Crippen LogP contribution in [0.5, 0.6) is 0 Å². The van der Waals surface area contributed by atoms with Gasteiger partial charge in [-0.3, -0.25) is 4.79 Å². The normalized spacial score (nSPS) is 24.8. The summed E-state index contributed by atoms with van der Waals surface area (Å²) in [7, 11) is 0. The Hall–Kier alpha value is -0.660. The third-order valence-corrected chi connectivity index (χ3v) is 3.50. The minimum atomic E-state index is -0.212. The van der Waals surface area contributed by atoms with Gasteiger partial charge in [0.2, 0.25) is 5.91 Å². The number of rotatable bonds is 5. The van der Waals surface area contributed by atoms with Crippen molar-refractivity contribution in [1.82, 2.24) is 10.6 Å². The van der Waals surface area contributed by atoms with Crippen molar-refractivity contribution in [3.8, 4) is 12.3 Å². The summed E-state index contributed by atoms with van der Waals surface area (Å²) in [5.74, 6) is 4.32. The van der Waals surface area contributed by atoms with Crippen molar-refractivity contribution in [2.45, 2.75) is 13.3 Å². The number of amides is 1. The van der Waals surface area contributed by atoms with Gasteiger partial charge in [0.15, 0.2) is 0 Å². The molecule has 1 atom stereocenters. The maximum Gasteiger partial charge on any atom is 0.227 e. The monoisotopic (exact) mass is 226 g/mol. The molecule has 1 saturated heterocycles. The molecular formula is C11H18N2OS. The van der Waals surface area contributed by atoms with Crippen LogP contribution in [0.1, 0.15) is 13.3 Å². The number of carbonyl (C=O) groups excluding carboxylic acids is 1. The van der Waals surface area contributed by atoms with Crippen molar-refractivity contribution in [2.75, 3.05) is 31.1 Å². The highest BCUT2D eigenvalue weighted by molar-refractivity contribution is 7.99. The Morgan fingerprint density at radius 3 is 3.13 bits per heavy atom. The molecule has 1 heterocycles. The second kappa shape index (κ2) is 6.04. The molecule has 4 heteroatoms. The Morgan fingerprint density at radius 2 is 2.53 bits per heavy atom. The fourth-order valence-corrected chi connectivity index (χ4v) is 2.10. The van der Waals surface area contributed by atoms with Gasteiger partial charge in [-0.2, -0.15) is 0 Å². The van der Waals surface area contributed by atoms with Gasteiger partial charge in [-0.25, -0.2) is 0 Å².